The summed E-state index contributed by atoms with van der Waals surface area (Å²) in [5.74, 6) is 0. The molecule has 5 heteroatoms. The number of halogens is 2. The predicted molar refractivity (Wildman–Crippen MR) is 73.9 cm³/mol. The molecule has 1 aromatic rings. The molecule has 0 spiro atoms. The molecule has 0 aliphatic carbocycles. The van der Waals surface area contributed by atoms with Crippen LogP contribution in [-0.4, -0.2) is 23.6 Å². The van der Waals surface area contributed by atoms with Crippen LogP contribution in [0.5, 0.6) is 0 Å². The number of nitrogens with one attached hydrogen (secondary N) is 1. The van der Waals surface area contributed by atoms with Crippen molar-refractivity contribution < 1.29 is 0 Å². The highest BCUT2D eigenvalue weighted by Crippen LogP contribution is 2.31. The van der Waals surface area contributed by atoms with Gasteiger partial charge in [-0.15, -0.1) is 0 Å². The van der Waals surface area contributed by atoms with Crippen LogP contribution < -0.4 is 5.43 Å². The zero-order valence-electron chi connectivity index (χ0n) is 9.92. The van der Waals surface area contributed by atoms with E-state index >= 15 is 0 Å². The highest BCUT2D eigenvalue weighted by molar-refractivity contribution is 9.10. The standard InChI is InChI=1S/C12H17BrClN3/c1-15-17-6-4-2-3-5-11(17)9-7-10(14)12(13)16-8-9/h7-8,11,15H,2-6H2,1H3/t11-/m1/s1. The number of aromatic nitrogens is 1. The van der Waals surface area contributed by atoms with Gasteiger partial charge in [0.05, 0.1) is 11.1 Å². The summed E-state index contributed by atoms with van der Waals surface area (Å²) < 4.78 is 0.715. The molecule has 1 aliphatic heterocycles. The second-order valence-electron chi connectivity index (χ2n) is 4.32. The summed E-state index contributed by atoms with van der Waals surface area (Å²) in [5, 5.41) is 2.97. The second kappa shape index (κ2) is 6.14. The van der Waals surface area contributed by atoms with Crippen LogP contribution in [0.1, 0.15) is 37.3 Å². The van der Waals surface area contributed by atoms with Gasteiger partial charge in [-0.3, -0.25) is 5.43 Å². The van der Waals surface area contributed by atoms with Gasteiger partial charge in [-0.05, 0) is 47.4 Å². The van der Waals surface area contributed by atoms with Gasteiger partial charge >= 0.3 is 0 Å². The fraction of sp³-hybridized carbons (Fsp3) is 0.583. The van der Waals surface area contributed by atoms with E-state index in [9.17, 15) is 0 Å². The predicted octanol–water partition coefficient (Wildman–Crippen LogP) is 3.55. The maximum absolute atomic E-state index is 6.12. The van der Waals surface area contributed by atoms with Crippen LogP contribution in [0.2, 0.25) is 5.02 Å². The first-order valence-corrected chi connectivity index (χ1v) is 7.14. The van der Waals surface area contributed by atoms with Crippen molar-refractivity contribution in [2.75, 3.05) is 13.6 Å². The number of rotatable bonds is 2. The molecular formula is C12H17BrClN3. The SMILES string of the molecule is CNN1CCCCC[C@@H]1c1cnc(Br)c(Cl)c1. The Hall–Kier alpha value is -0.160. The zero-order valence-corrected chi connectivity index (χ0v) is 12.3. The van der Waals surface area contributed by atoms with Crippen LogP contribution >= 0.6 is 27.5 Å². The molecule has 1 fully saturated rings. The molecular weight excluding hydrogens is 302 g/mol. The minimum Gasteiger partial charge on any atom is -0.258 e. The van der Waals surface area contributed by atoms with E-state index in [1.165, 1.54) is 24.8 Å². The molecule has 2 rings (SSSR count). The van der Waals surface area contributed by atoms with E-state index < -0.39 is 0 Å². The molecule has 0 aromatic carbocycles. The molecule has 0 amide bonds. The lowest BCUT2D eigenvalue weighted by atomic mass is 10.0. The molecule has 1 N–H and O–H groups in total. The van der Waals surface area contributed by atoms with Crippen molar-refractivity contribution in [3.63, 3.8) is 0 Å². The number of hydrazine groups is 1. The zero-order chi connectivity index (χ0) is 12.3. The van der Waals surface area contributed by atoms with Crippen molar-refractivity contribution in [2.24, 2.45) is 0 Å². The fourth-order valence-electron chi connectivity index (χ4n) is 2.34. The minimum atomic E-state index is 0.376. The van der Waals surface area contributed by atoms with E-state index in [1.54, 1.807) is 0 Å². The van der Waals surface area contributed by atoms with E-state index in [0.29, 0.717) is 15.7 Å². The Morgan fingerprint density at radius 1 is 1.47 bits per heavy atom. The van der Waals surface area contributed by atoms with Gasteiger partial charge in [0, 0.05) is 12.7 Å². The molecule has 3 nitrogen and oxygen atoms in total. The summed E-state index contributed by atoms with van der Waals surface area (Å²) in [5.41, 5.74) is 4.47. The van der Waals surface area contributed by atoms with Crippen LogP contribution in [0.25, 0.3) is 0 Å². The molecule has 1 atom stereocenters. The smallest absolute Gasteiger partial charge is 0.124 e. The summed E-state index contributed by atoms with van der Waals surface area (Å²) in [6.07, 6.45) is 6.87. The van der Waals surface area contributed by atoms with Gasteiger partial charge in [0.1, 0.15) is 4.60 Å². The Morgan fingerprint density at radius 3 is 3.00 bits per heavy atom. The third-order valence-electron chi connectivity index (χ3n) is 3.24. The second-order valence-corrected chi connectivity index (χ2v) is 5.48. The van der Waals surface area contributed by atoms with Gasteiger partial charge in [0.25, 0.3) is 0 Å². The first-order chi connectivity index (χ1) is 8.22. The van der Waals surface area contributed by atoms with Crippen molar-refractivity contribution in [1.29, 1.82) is 0 Å². The third-order valence-corrected chi connectivity index (χ3v) is 4.39. The highest BCUT2D eigenvalue weighted by Gasteiger charge is 2.22. The quantitative estimate of drug-likeness (QED) is 0.845. The molecule has 17 heavy (non-hydrogen) atoms. The van der Waals surface area contributed by atoms with Crippen molar-refractivity contribution >= 4 is 27.5 Å². The Kier molecular flexibility index (Phi) is 4.79. The van der Waals surface area contributed by atoms with Gasteiger partial charge in [-0.25, -0.2) is 9.99 Å². The lowest BCUT2D eigenvalue weighted by molar-refractivity contribution is 0.142. The molecule has 0 bridgehead atoms. The highest BCUT2D eigenvalue weighted by atomic mass is 79.9. The first-order valence-electron chi connectivity index (χ1n) is 5.97. The molecule has 1 aliphatic rings. The van der Waals surface area contributed by atoms with E-state index in [1.807, 2.05) is 19.3 Å². The van der Waals surface area contributed by atoms with Crippen LogP contribution in [0.3, 0.4) is 0 Å². The molecule has 0 unspecified atom stereocenters. The number of hydrogen-bond acceptors (Lipinski definition) is 3. The lowest BCUT2D eigenvalue weighted by Gasteiger charge is -2.29. The van der Waals surface area contributed by atoms with Crippen molar-refractivity contribution in [1.82, 2.24) is 15.4 Å². The van der Waals surface area contributed by atoms with Crippen LogP contribution in [0, 0.1) is 0 Å². The molecule has 0 radical (unpaired) electrons. The Morgan fingerprint density at radius 2 is 2.29 bits per heavy atom. The largest absolute Gasteiger partial charge is 0.258 e. The minimum absolute atomic E-state index is 0.376. The Balaban J connectivity index is 2.25. The van der Waals surface area contributed by atoms with Crippen molar-refractivity contribution in [3.05, 3.63) is 27.5 Å². The first kappa shape index (κ1) is 13.3. The Labute approximate surface area is 116 Å². The van der Waals surface area contributed by atoms with Crippen LogP contribution in [0.4, 0.5) is 0 Å². The molecule has 2 heterocycles. The summed E-state index contributed by atoms with van der Waals surface area (Å²) in [6.45, 7) is 1.08. The summed E-state index contributed by atoms with van der Waals surface area (Å²) in [4.78, 5) is 4.28. The molecule has 1 saturated heterocycles. The topological polar surface area (TPSA) is 28.2 Å². The summed E-state index contributed by atoms with van der Waals surface area (Å²) in [7, 11) is 1.98. The molecule has 94 valence electrons. The Bertz CT molecular complexity index is 386. The van der Waals surface area contributed by atoms with Gasteiger partial charge in [-0.1, -0.05) is 24.4 Å². The van der Waals surface area contributed by atoms with Gasteiger partial charge < -0.3 is 0 Å². The number of pyridine rings is 1. The van der Waals surface area contributed by atoms with Crippen LogP contribution in [-0.2, 0) is 0 Å². The van der Waals surface area contributed by atoms with Gasteiger partial charge in [0.15, 0.2) is 0 Å². The van der Waals surface area contributed by atoms with E-state index in [-0.39, 0.29) is 0 Å². The third kappa shape index (κ3) is 3.19. The maximum atomic E-state index is 6.12. The maximum Gasteiger partial charge on any atom is 0.124 e. The normalized spacial score (nSPS) is 22.4. The van der Waals surface area contributed by atoms with Gasteiger partial charge in [-0.2, -0.15) is 0 Å². The van der Waals surface area contributed by atoms with Crippen LogP contribution in [0.15, 0.2) is 16.9 Å². The van der Waals surface area contributed by atoms with Crippen molar-refractivity contribution in [2.45, 2.75) is 31.7 Å². The number of hydrogen-bond donors (Lipinski definition) is 1. The molecule has 1 aromatic heterocycles. The summed E-state index contributed by atoms with van der Waals surface area (Å²) in [6, 6.07) is 2.39. The van der Waals surface area contributed by atoms with E-state index in [0.717, 1.165) is 13.0 Å². The molecule has 0 saturated carbocycles. The lowest BCUT2D eigenvalue weighted by Crippen LogP contribution is -2.38. The van der Waals surface area contributed by atoms with E-state index in [2.05, 4.69) is 31.3 Å². The number of nitrogens with zero attached hydrogens (tertiary/aromatic N) is 2. The summed E-state index contributed by atoms with van der Waals surface area (Å²) >= 11 is 9.45. The average molecular weight is 319 g/mol. The van der Waals surface area contributed by atoms with E-state index in [4.69, 9.17) is 11.6 Å². The fourth-order valence-corrected chi connectivity index (χ4v) is 2.73. The van der Waals surface area contributed by atoms with Gasteiger partial charge in [0.2, 0.25) is 0 Å². The van der Waals surface area contributed by atoms with Crippen molar-refractivity contribution in [3.8, 4) is 0 Å². The average Bonchev–Trinajstić information content (AvgIpc) is 2.57. The monoisotopic (exact) mass is 317 g/mol.